The zero-order valence-corrected chi connectivity index (χ0v) is 16.1. The van der Waals surface area contributed by atoms with Crippen molar-refractivity contribution in [2.75, 3.05) is 57.8 Å². The maximum Gasteiger partial charge on any atom is 0.236 e. The molecule has 2 fully saturated rings. The van der Waals surface area contributed by atoms with Crippen molar-refractivity contribution in [1.29, 1.82) is 0 Å². The Kier molecular flexibility index (Phi) is 5.22. The normalized spacial score (nSPS) is 21.8. The maximum atomic E-state index is 12.7. The van der Waals surface area contributed by atoms with Gasteiger partial charge in [-0.25, -0.2) is 9.97 Å². The molecule has 2 aromatic heterocycles. The van der Waals surface area contributed by atoms with Crippen LogP contribution in [0.15, 0.2) is 12.5 Å². The van der Waals surface area contributed by atoms with Crippen molar-refractivity contribution < 1.29 is 4.79 Å². The van der Waals surface area contributed by atoms with E-state index < -0.39 is 0 Å². The number of likely N-dealkylation sites (N-methyl/N-ethyl adjacent to an activating group) is 1. The largest absolute Gasteiger partial charge is 0.352 e. The number of anilines is 1. The highest BCUT2D eigenvalue weighted by molar-refractivity contribution is 5.86. The van der Waals surface area contributed by atoms with Crippen LogP contribution in [0.3, 0.4) is 0 Å². The summed E-state index contributed by atoms with van der Waals surface area (Å²) in [7, 11) is 3.89. The number of aryl methyl sites for hydroxylation is 1. The van der Waals surface area contributed by atoms with Crippen LogP contribution in [0.2, 0.25) is 0 Å². The number of piperazine rings is 1. The maximum absolute atomic E-state index is 12.7. The first-order valence-corrected chi connectivity index (χ1v) is 9.70. The molecular formula is C18H28N8O. The fraction of sp³-hybridized carbons (Fsp3) is 0.667. The van der Waals surface area contributed by atoms with E-state index in [2.05, 4.69) is 30.2 Å². The molecule has 4 heterocycles. The lowest BCUT2D eigenvalue weighted by Crippen LogP contribution is -2.53. The van der Waals surface area contributed by atoms with Crippen LogP contribution >= 0.6 is 0 Å². The summed E-state index contributed by atoms with van der Waals surface area (Å²) in [5, 5.41) is 8.58. The number of rotatable bonds is 4. The summed E-state index contributed by atoms with van der Waals surface area (Å²) in [5.41, 5.74) is 0.836. The van der Waals surface area contributed by atoms with Gasteiger partial charge in [-0.1, -0.05) is 0 Å². The summed E-state index contributed by atoms with van der Waals surface area (Å²) in [6, 6.07) is 0.503. The van der Waals surface area contributed by atoms with Crippen molar-refractivity contribution in [2.45, 2.75) is 18.9 Å². The van der Waals surface area contributed by atoms with E-state index in [0.29, 0.717) is 12.6 Å². The van der Waals surface area contributed by atoms with E-state index in [1.165, 1.54) is 6.42 Å². The molecule has 0 aliphatic carbocycles. The summed E-state index contributed by atoms with van der Waals surface area (Å²) in [6.07, 6.45) is 5.76. The van der Waals surface area contributed by atoms with Gasteiger partial charge in [0.05, 0.1) is 18.1 Å². The van der Waals surface area contributed by atoms with Gasteiger partial charge < -0.3 is 15.1 Å². The molecule has 2 aliphatic heterocycles. The van der Waals surface area contributed by atoms with Gasteiger partial charge >= 0.3 is 0 Å². The van der Waals surface area contributed by atoms with Crippen molar-refractivity contribution in [3.63, 3.8) is 0 Å². The first-order valence-electron chi connectivity index (χ1n) is 9.70. The van der Waals surface area contributed by atoms with Gasteiger partial charge in [0, 0.05) is 45.8 Å². The highest BCUT2D eigenvalue weighted by atomic mass is 16.2. The molecule has 4 rings (SSSR count). The van der Waals surface area contributed by atoms with Crippen LogP contribution in [0.25, 0.3) is 11.0 Å². The number of hydrogen-bond acceptors (Lipinski definition) is 7. The molecule has 9 heteroatoms. The summed E-state index contributed by atoms with van der Waals surface area (Å²) >= 11 is 0. The minimum atomic E-state index is 0.237. The van der Waals surface area contributed by atoms with E-state index in [4.69, 9.17) is 0 Å². The SMILES string of the molecule is CNC1CCCN(CC(=O)N2CCN(c3ncnc4c3cnn4C)CC2)C1. The van der Waals surface area contributed by atoms with Crippen molar-refractivity contribution >= 4 is 22.8 Å². The molecule has 0 aromatic carbocycles. The molecule has 2 aromatic rings. The van der Waals surface area contributed by atoms with Gasteiger partial charge in [-0.15, -0.1) is 0 Å². The molecule has 9 nitrogen and oxygen atoms in total. The van der Waals surface area contributed by atoms with E-state index >= 15 is 0 Å². The van der Waals surface area contributed by atoms with Crippen LogP contribution in [0.1, 0.15) is 12.8 Å². The van der Waals surface area contributed by atoms with Crippen molar-refractivity contribution in [3.05, 3.63) is 12.5 Å². The number of carbonyl (C=O) groups is 1. The summed E-state index contributed by atoms with van der Waals surface area (Å²) in [5.74, 6) is 1.15. The lowest BCUT2D eigenvalue weighted by atomic mass is 10.1. The van der Waals surface area contributed by atoms with Crippen LogP contribution in [0, 0.1) is 0 Å². The number of amides is 1. The monoisotopic (exact) mass is 372 g/mol. The van der Waals surface area contributed by atoms with Crippen LogP contribution < -0.4 is 10.2 Å². The standard InChI is InChI=1S/C18H28N8O/c1-19-14-4-3-5-24(11-14)12-16(27)25-6-8-26(9-7-25)18-15-10-22-23(2)17(15)20-13-21-18/h10,13-14,19H,3-9,11-12H2,1-2H3. The van der Waals surface area contributed by atoms with Crippen LogP contribution in [-0.4, -0.2) is 94.4 Å². The second kappa shape index (κ2) is 7.77. The van der Waals surface area contributed by atoms with Crippen molar-refractivity contribution in [1.82, 2.24) is 34.9 Å². The van der Waals surface area contributed by atoms with Gasteiger partial charge in [0.1, 0.15) is 12.1 Å². The van der Waals surface area contributed by atoms with Crippen molar-refractivity contribution in [3.8, 4) is 0 Å². The lowest BCUT2D eigenvalue weighted by molar-refractivity contribution is -0.133. The number of likely N-dealkylation sites (tertiary alicyclic amines) is 1. The Balaban J connectivity index is 1.35. The fourth-order valence-electron chi connectivity index (χ4n) is 4.10. The van der Waals surface area contributed by atoms with E-state index in [1.54, 1.807) is 11.0 Å². The first-order chi connectivity index (χ1) is 13.2. The highest BCUT2D eigenvalue weighted by Gasteiger charge is 2.26. The minimum absolute atomic E-state index is 0.237. The van der Waals surface area contributed by atoms with Crippen LogP contribution in [-0.2, 0) is 11.8 Å². The predicted molar refractivity (Wildman–Crippen MR) is 104 cm³/mol. The van der Waals surface area contributed by atoms with Gasteiger partial charge in [0.2, 0.25) is 5.91 Å². The van der Waals surface area contributed by atoms with Gasteiger partial charge in [-0.05, 0) is 26.4 Å². The Labute approximate surface area is 159 Å². The van der Waals surface area contributed by atoms with Gasteiger partial charge in [-0.2, -0.15) is 5.10 Å². The summed E-state index contributed by atoms with van der Waals surface area (Å²) in [4.78, 5) is 28.0. The average molecular weight is 372 g/mol. The number of piperidine rings is 1. The molecule has 0 spiro atoms. The molecule has 1 amide bonds. The molecule has 0 saturated carbocycles. The van der Waals surface area contributed by atoms with E-state index in [0.717, 1.165) is 62.5 Å². The summed E-state index contributed by atoms with van der Waals surface area (Å²) in [6.45, 7) is 5.53. The number of nitrogens with one attached hydrogen (secondary N) is 1. The molecule has 27 heavy (non-hydrogen) atoms. The van der Waals surface area contributed by atoms with Crippen LogP contribution in [0.4, 0.5) is 5.82 Å². The Morgan fingerprint density at radius 3 is 2.81 bits per heavy atom. The van der Waals surface area contributed by atoms with E-state index in [9.17, 15) is 4.79 Å². The lowest BCUT2D eigenvalue weighted by Gasteiger charge is -2.37. The molecular weight excluding hydrogens is 344 g/mol. The molecule has 1 N–H and O–H groups in total. The quantitative estimate of drug-likeness (QED) is 0.789. The molecule has 1 unspecified atom stereocenters. The number of hydrogen-bond donors (Lipinski definition) is 1. The molecule has 2 saturated heterocycles. The zero-order valence-electron chi connectivity index (χ0n) is 16.1. The Morgan fingerprint density at radius 2 is 2.04 bits per heavy atom. The number of aromatic nitrogens is 4. The smallest absolute Gasteiger partial charge is 0.236 e. The molecule has 1 atom stereocenters. The Morgan fingerprint density at radius 1 is 1.22 bits per heavy atom. The Bertz CT molecular complexity index is 798. The molecule has 146 valence electrons. The van der Waals surface area contributed by atoms with Gasteiger partial charge in [0.25, 0.3) is 0 Å². The van der Waals surface area contributed by atoms with Crippen molar-refractivity contribution in [2.24, 2.45) is 7.05 Å². The van der Waals surface area contributed by atoms with Crippen LogP contribution in [0.5, 0.6) is 0 Å². The highest BCUT2D eigenvalue weighted by Crippen LogP contribution is 2.23. The second-order valence-electron chi connectivity index (χ2n) is 7.43. The molecule has 0 bridgehead atoms. The van der Waals surface area contributed by atoms with Gasteiger partial charge in [0.15, 0.2) is 5.65 Å². The topological polar surface area (TPSA) is 82.4 Å². The zero-order chi connectivity index (χ0) is 18.8. The summed E-state index contributed by atoms with van der Waals surface area (Å²) < 4.78 is 1.76. The predicted octanol–water partition coefficient (Wildman–Crippen LogP) is -0.304. The second-order valence-corrected chi connectivity index (χ2v) is 7.43. The number of fused-ring (bicyclic) bond motifs is 1. The third kappa shape index (κ3) is 3.74. The fourth-order valence-corrected chi connectivity index (χ4v) is 4.10. The van der Waals surface area contributed by atoms with E-state index in [-0.39, 0.29) is 5.91 Å². The Hall–Kier alpha value is -2.26. The first kappa shape index (κ1) is 18.1. The van der Waals surface area contributed by atoms with Gasteiger partial charge in [-0.3, -0.25) is 14.4 Å². The number of carbonyl (C=O) groups excluding carboxylic acids is 1. The third-order valence-corrected chi connectivity index (χ3v) is 5.71. The molecule has 0 radical (unpaired) electrons. The average Bonchev–Trinajstić information content (AvgIpc) is 3.09. The molecule has 2 aliphatic rings. The number of nitrogens with zero attached hydrogens (tertiary/aromatic N) is 7. The minimum Gasteiger partial charge on any atom is -0.352 e. The third-order valence-electron chi connectivity index (χ3n) is 5.71. The van der Waals surface area contributed by atoms with E-state index in [1.807, 2.05) is 25.2 Å².